The van der Waals surface area contributed by atoms with Crippen LogP contribution in [-0.2, 0) is 11.3 Å². The van der Waals surface area contributed by atoms with Crippen molar-refractivity contribution in [3.05, 3.63) is 72.4 Å². The van der Waals surface area contributed by atoms with Crippen LogP contribution in [-0.4, -0.2) is 58.7 Å². The zero-order chi connectivity index (χ0) is 19.3. The van der Waals surface area contributed by atoms with Gasteiger partial charge in [-0.15, -0.1) is 0 Å². The number of carbonyl (C=O) groups is 1. The number of carbonyl (C=O) groups excluding carboxylic acids is 1. The summed E-state index contributed by atoms with van der Waals surface area (Å²) in [6.45, 7) is 3.92. The predicted molar refractivity (Wildman–Crippen MR) is 107 cm³/mol. The predicted octanol–water partition coefficient (Wildman–Crippen LogP) is 2.38. The van der Waals surface area contributed by atoms with Crippen molar-refractivity contribution in [1.29, 1.82) is 0 Å². The van der Waals surface area contributed by atoms with Crippen LogP contribution in [0.2, 0.25) is 0 Å². The van der Waals surface area contributed by atoms with E-state index in [0.717, 1.165) is 37.7 Å². The number of imidazole rings is 1. The first-order valence-electron chi connectivity index (χ1n) is 9.32. The maximum absolute atomic E-state index is 12.7. The summed E-state index contributed by atoms with van der Waals surface area (Å²) in [6.07, 6.45) is 6.79. The van der Waals surface area contributed by atoms with Crippen LogP contribution in [0.5, 0.6) is 0 Å². The van der Waals surface area contributed by atoms with Crippen molar-refractivity contribution < 1.29 is 9.53 Å². The Morgan fingerprint density at radius 2 is 1.93 bits per heavy atom. The van der Waals surface area contributed by atoms with Gasteiger partial charge >= 0.3 is 0 Å². The molecule has 0 N–H and O–H groups in total. The number of hydrogen-bond donors (Lipinski definition) is 0. The molecule has 1 aromatic carbocycles. The van der Waals surface area contributed by atoms with Crippen molar-refractivity contribution in [1.82, 2.24) is 19.4 Å². The van der Waals surface area contributed by atoms with Crippen LogP contribution in [0.3, 0.4) is 0 Å². The molecule has 2 aromatic heterocycles. The van der Waals surface area contributed by atoms with E-state index in [9.17, 15) is 4.79 Å². The fourth-order valence-corrected chi connectivity index (χ4v) is 3.26. The van der Waals surface area contributed by atoms with E-state index in [-0.39, 0.29) is 5.91 Å². The Bertz CT molecular complexity index is 901. The fraction of sp³-hybridized carbons (Fsp3) is 0.286. The largest absolute Gasteiger partial charge is 0.378 e. The zero-order valence-electron chi connectivity index (χ0n) is 15.9. The molecule has 3 aromatic rings. The summed E-state index contributed by atoms with van der Waals surface area (Å²) in [4.78, 5) is 25.1. The van der Waals surface area contributed by atoms with Gasteiger partial charge in [0.25, 0.3) is 5.91 Å². The van der Waals surface area contributed by atoms with Crippen molar-refractivity contribution >= 4 is 11.6 Å². The lowest BCUT2D eigenvalue weighted by molar-refractivity contribution is 0.0784. The Kier molecular flexibility index (Phi) is 5.34. The zero-order valence-corrected chi connectivity index (χ0v) is 15.9. The van der Waals surface area contributed by atoms with Gasteiger partial charge in [-0.25, -0.2) is 9.97 Å². The molecule has 7 heteroatoms. The lowest BCUT2D eigenvalue weighted by Crippen LogP contribution is -2.36. The summed E-state index contributed by atoms with van der Waals surface area (Å²) < 4.78 is 7.20. The fourth-order valence-electron chi connectivity index (χ4n) is 3.26. The van der Waals surface area contributed by atoms with Crippen LogP contribution in [0.15, 0.2) is 61.3 Å². The Morgan fingerprint density at radius 1 is 1.14 bits per heavy atom. The summed E-state index contributed by atoms with van der Waals surface area (Å²) in [6, 6.07) is 12.0. The topological polar surface area (TPSA) is 63.5 Å². The molecule has 1 fully saturated rings. The molecule has 0 unspecified atom stereocenters. The average molecular weight is 377 g/mol. The highest BCUT2D eigenvalue weighted by Crippen LogP contribution is 2.18. The Labute approximate surface area is 164 Å². The second kappa shape index (κ2) is 8.22. The van der Waals surface area contributed by atoms with Crippen LogP contribution in [0, 0.1) is 0 Å². The molecule has 0 spiro atoms. The molecule has 1 aliphatic rings. The van der Waals surface area contributed by atoms with Gasteiger partial charge in [0.05, 0.1) is 18.8 Å². The third-order valence-electron chi connectivity index (χ3n) is 4.84. The van der Waals surface area contributed by atoms with E-state index in [2.05, 4.69) is 39.1 Å². The van der Waals surface area contributed by atoms with Gasteiger partial charge < -0.3 is 14.5 Å². The van der Waals surface area contributed by atoms with E-state index in [1.807, 2.05) is 19.3 Å². The molecule has 7 nitrogen and oxygen atoms in total. The number of hydrogen-bond acceptors (Lipinski definition) is 5. The first kappa shape index (κ1) is 18.2. The SMILES string of the molecule is CN(Cc1ccc(N2CCOCC2)cc1)C(=O)c1ccc(-n2ccnc2)nc1. The molecular formula is C21H23N5O2. The number of ether oxygens (including phenoxy) is 1. The first-order valence-corrected chi connectivity index (χ1v) is 9.32. The summed E-state index contributed by atoms with van der Waals surface area (Å²) in [5.41, 5.74) is 2.85. The Balaban J connectivity index is 1.38. The van der Waals surface area contributed by atoms with Crippen molar-refractivity contribution in [3.8, 4) is 5.82 Å². The molecular weight excluding hydrogens is 354 g/mol. The van der Waals surface area contributed by atoms with Gasteiger partial charge in [0.2, 0.25) is 0 Å². The highest BCUT2D eigenvalue weighted by atomic mass is 16.5. The van der Waals surface area contributed by atoms with Gasteiger partial charge in [-0.2, -0.15) is 0 Å². The lowest BCUT2D eigenvalue weighted by atomic mass is 10.1. The van der Waals surface area contributed by atoms with Crippen LogP contribution in [0.25, 0.3) is 5.82 Å². The van der Waals surface area contributed by atoms with E-state index in [4.69, 9.17) is 4.74 Å². The molecule has 4 rings (SSSR count). The standard InChI is InChI=1S/C21H23N5O2/c1-24(15-17-2-5-19(6-3-17)25-10-12-28-13-11-25)21(27)18-4-7-20(23-14-18)26-9-8-22-16-26/h2-9,14,16H,10-13,15H2,1H3. The minimum atomic E-state index is -0.0538. The van der Waals surface area contributed by atoms with Gasteiger partial charge in [-0.05, 0) is 29.8 Å². The van der Waals surface area contributed by atoms with Gasteiger partial charge in [-0.1, -0.05) is 12.1 Å². The summed E-state index contributed by atoms with van der Waals surface area (Å²) in [5, 5.41) is 0. The normalized spacial score (nSPS) is 14.1. The molecule has 1 saturated heterocycles. The monoisotopic (exact) mass is 377 g/mol. The smallest absolute Gasteiger partial charge is 0.255 e. The molecule has 0 saturated carbocycles. The lowest BCUT2D eigenvalue weighted by Gasteiger charge is -2.29. The highest BCUT2D eigenvalue weighted by Gasteiger charge is 2.14. The van der Waals surface area contributed by atoms with Crippen LogP contribution < -0.4 is 4.90 Å². The van der Waals surface area contributed by atoms with Crippen molar-refractivity contribution in [2.24, 2.45) is 0 Å². The van der Waals surface area contributed by atoms with Gasteiger partial charge in [0.1, 0.15) is 12.1 Å². The first-order chi connectivity index (χ1) is 13.7. The number of anilines is 1. The number of aromatic nitrogens is 3. The van der Waals surface area contributed by atoms with Crippen LogP contribution >= 0.6 is 0 Å². The second-order valence-electron chi connectivity index (χ2n) is 6.80. The minimum Gasteiger partial charge on any atom is -0.378 e. The number of morpholine rings is 1. The molecule has 0 radical (unpaired) electrons. The third kappa shape index (κ3) is 4.04. The number of pyridine rings is 1. The molecule has 0 aliphatic carbocycles. The molecule has 0 atom stereocenters. The van der Waals surface area contributed by atoms with Crippen molar-refractivity contribution in [3.63, 3.8) is 0 Å². The second-order valence-corrected chi connectivity index (χ2v) is 6.80. The number of rotatable bonds is 5. The quantitative estimate of drug-likeness (QED) is 0.683. The van der Waals surface area contributed by atoms with Crippen LogP contribution in [0.1, 0.15) is 15.9 Å². The molecule has 144 valence electrons. The van der Waals surface area contributed by atoms with E-state index < -0.39 is 0 Å². The molecule has 0 bridgehead atoms. The average Bonchev–Trinajstić information content (AvgIpc) is 3.29. The highest BCUT2D eigenvalue weighted by molar-refractivity contribution is 5.93. The third-order valence-corrected chi connectivity index (χ3v) is 4.84. The maximum atomic E-state index is 12.7. The van der Waals surface area contributed by atoms with E-state index in [1.54, 1.807) is 34.3 Å². The maximum Gasteiger partial charge on any atom is 0.255 e. The molecule has 3 heterocycles. The Morgan fingerprint density at radius 3 is 2.57 bits per heavy atom. The van der Waals surface area contributed by atoms with E-state index >= 15 is 0 Å². The molecule has 1 amide bonds. The minimum absolute atomic E-state index is 0.0538. The summed E-state index contributed by atoms with van der Waals surface area (Å²) in [5.74, 6) is 0.678. The van der Waals surface area contributed by atoms with Gasteiger partial charge in [0, 0.05) is 51.0 Å². The summed E-state index contributed by atoms with van der Waals surface area (Å²) in [7, 11) is 1.81. The van der Waals surface area contributed by atoms with Crippen molar-refractivity contribution in [2.75, 3.05) is 38.3 Å². The Hall–Kier alpha value is -3.19. The van der Waals surface area contributed by atoms with Gasteiger partial charge in [-0.3, -0.25) is 9.36 Å². The van der Waals surface area contributed by atoms with Crippen LogP contribution in [0.4, 0.5) is 5.69 Å². The molecule has 28 heavy (non-hydrogen) atoms. The number of nitrogens with zero attached hydrogens (tertiary/aromatic N) is 5. The summed E-state index contributed by atoms with van der Waals surface area (Å²) >= 11 is 0. The number of benzene rings is 1. The molecule has 1 aliphatic heterocycles. The van der Waals surface area contributed by atoms with E-state index in [1.165, 1.54) is 5.69 Å². The number of amides is 1. The van der Waals surface area contributed by atoms with Gasteiger partial charge in [0.15, 0.2) is 0 Å². The van der Waals surface area contributed by atoms with E-state index in [0.29, 0.717) is 12.1 Å². The van der Waals surface area contributed by atoms with Crippen molar-refractivity contribution in [2.45, 2.75) is 6.54 Å².